The Labute approximate surface area is 136 Å². The van der Waals surface area contributed by atoms with E-state index in [1.54, 1.807) is 0 Å². The van der Waals surface area contributed by atoms with Gasteiger partial charge < -0.3 is 15.1 Å². The molecule has 0 spiro atoms. The number of likely N-dealkylation sites (N-methyl/N-ethyl adjacent to an activating group) is 1. The lowest BCUT2D eigenvalue weighted by molar-refractivity contribution is -0.134. The van der Waals surface area contributed by atoms with Crippen LogP contribution < -0.4 is 5.32 Å². The van der Waals surface area contributed by atoms with Crippen molar-refractivity contribution in [2.45, 2.75) is 51.0 Å². The van der Waals surface area contributed by atoms with Crippen molar-refractivity contribution in [3.8, 4) is 0 Å². The van der Waals surface area contributed by atoms with E-state index in [1.165, 1.54) is 25.7 Å². The standard InChI is InChI=1S/C16H31N3O.ClH/c1-18(2)11-12-19(15-5-3-4-6-15)16(20)13-14-7-9-17-10-8-14;/h14-15,17H,3-13H2,1-2H3;1H. The Hall–Kier alpha value is -0.320. The summed E-state index contributed by atoms with van der Waals surface area (Å²) in [5, 5.41) is 3.38. The maximum atomic E-state index is 12.7. The van der Waals surface area contributed by atoms with E-state index < -0.39 is 0 Å². The molecule has 0 bridgehead atoms. The quantitative estimate of drug-likeness (QED) is 0.815. The molecule has 0 aromatic heterocycles. The van der Waals surface area contributed by atoms with Crippen LogP contribution in [0.3, 0.4) is 0 Å². The summed E-state index contributed by atoms with van der Waals surface area (Å²) in [7, 11) is 4.17. The lowest BCUT2D eigenvalue weighted by Crippen LogP contribution is -2.44. The summed E-state index contributed by atoms with van der Waals surface area (Å²) < 4.78 is 0. The number of amides is 1. The van der Waals surface area contributed by atoms with Gasteiger partial charge in [0.05, 0.1) is 0 Å². The van der Waals surface area contributed by atoms with Crippen LogP contribution in [0, 0.1) is 5.92 Å². The van der Waals surface area contributed by atoms with Gasteiger partial charge in [0.15, 0.2) is 0 Å². The molecule has 21 heavy (non-hydrogen) atoms. The number of piperidine rings is 1. The van der Waals surface area contributed by atoms with Gasteiger partial charge in [-0.15, -0.1) is 12.4 Å². The Morgan fingerprint density at radius 1 is 1.05 bits per heavy atom. The van der Waals surface area contributed by atoms with Gasteiger partial charge in [0.2, 0.25) is 5.91 Å². The Morgan fingerprint density at radius 2 is 1.67 bits per heavy atom. The first kappa shape index (κ1) is 18.7. The van der Waals surface area contributed by atoms with Gasteiger partial charge in [-0.25, -0.2) is 0 Å². The highest BCUT2D eigenvalue weighted by atomic mass is 35.5. The molecule has 0 unspecified atom stereocenters. The first-order valence-electron chi connectivity index (χ1n) is 8.31. The predicted octanol–water partition coefficient (Wildman–Crippen LogP) is 2.13. The molecule has 1 saturated carbocycles. The third kappa shape index (κ3) is 6.13. The van der Waals surface area contributed by atoms with Crippen LogP contribution >= 0.6 is 12.4 Å². The highest BCUT2D eigenvalue weighted by Gasteiger charge is 2.28. The molecule has 0 aromatic rings. The summed E-state index contributed by atoms with van der Waals surface area (Å²) in [5.74, 6) is 1.01. The van der Waals surface area contributed by atoms with Crippen LogP contribution in [0.25, 0.3) is 0 Å². The second kappa shape index (κ2) is 9.65. The van der Waals surface area contributed by atoms with E-state index in [-0.39, 0.29) is 12.4 Å². The highest BCUT2D eigenvalue weighted by Crippen LogP contribution is 2.26. The van der Waals surface area contributed by atoms with Gasteiger partial charge in [-0.1, -0.05) is 12.8 Å². The van der Waals surface area contributed by atoms with Gasteiger partial charge >= 0.3 is 0 Å². The minimum absolute atomic E-state index is 0. The summed E-state index contributed by atoms with van der Waals surface area (Å²) >= 11 is 0. The SMILES string of the molecule is CN(C)CCN(C(=O)CC1CCNCC1)C1CCCC1.Cl. The average Bonchev–Trinajstić information content (AvgIpc) is 2.93. The fourth-order valence-corrected chi connectivity index (χ4v) is 3.48. The minimum Gasteiger partial charge on any atom is -0.338 e. The van der Waals surface area contributed by atoms with Crippen molar-refractivity contribution in [3.63, 3.8) is 0 Å². The summed E-state index contributed by atoms with van der Waals surface area (Å²) in [4.78, 5) is 17.1. The lowest BCUT2D eigenvalue weighted by atomic mass is 9.93. The van der Waals surface area contributed by atoms with E-state index in [0.717, 1.165) is 45.4 Å². The predicted molar refractivity (Wildman–Crippen MR) is 90.0 cm³/mol. The molecule has 1 aliphatic carbocycles. The molecule has 0 atom stereocenters. The van der Waals surface area contributed by atoms with Crippen molar-refractivity contribution in [3.05, 3.63) is 0 Å². The molecule has 124 valence electrons. The van der Waals surface area contributed by atoms with Gasteiger partial charge in [-0.3, -0.25) is 4.79 Å². The van der Waals surface area contributed by atoms with Crippen LogP contribution in [-0.4, -0.2) is 62.0 Å². The molecule has 1 aliphatic heterocycles. The molecule has 1 N–H and O–H groups in total. The van der Waals surface area contributed by atoms with Crippen molar-refractivity contribution in [2.24, 2.45) is 5.92 Å². The Morgan fingerprint density at radius 3 is 2.24 bits per heavy atom. The average molecular weight is 318 g/mol. The smallest absolute Gasteiger partial charge is 0.223 e. The summed E-state index contributed by atoms with van der Waals surface area (Å²) in [5.41, 5.74) is 0. The van der Waals surface area contributed by atoms with Crippen molar-refractivity contribution in [2.75, 3.05) is 40.3 Å². The third-order valence-electron chi connectivity index (χ3n) is 4.80. The van der Waals surface area contributed by atoms with Crippen molar-refractivity contribution in [1.29, 1.82) is 0 Å². The van der Waals surface area contributed by atoms with Crippen LogP contribution in [0.1, 0.15) is 44.9 Å². The first-order chi connectivity index (χ1) is 9.66. The second-order valence-corrected chi connectivity index (χ2v) is 6.73. The number of halogens is 1. The maximum absolute atomic E-state index is 12.7. The molecule has 2 rings (SSSR count). The molecule has 5 heteroatoms. The topological polar surface area (TPSA) is 35.6 Å². The molecule has 2 aliphatic rings. The molecule has 0 radical (unpaired) electrons. The Bertz CT molecular complexity index is 300. The maximum Gasteiger partial charge on any atom is 0.223 e. The zero-order valence-corrected chi connectivity index (χ0v) is 14.5. The van der Waals surface area contributed by atoms with Crippen LogP contribution in [0.4, 0.5) is 0 Å². The first-order valence-corrected chi connectivity index (χ1v) is 8.31. The number of nitrogens with one attached hydrogen (secondary N) is 1. The van der Waals surface area contributed by atoms with Crippen molar-refractivity contribution < 1.29 is 4.79 Å². The molecular formula is C16H32ClN3O. The molecular weight excluding hydrogens is 286 g/mol. The monoisotopic (exact) mass is 317 g/mol. The fraction of sp³-hybridized carbons (Fsp3) is 0.938. The van der Waals surface area contributed by atoms with E-state index >= 15 is 0 Å². The number of rotatable bonds is 6. The largest absolute Gasteiger partial charge is 0.338 e. The number of hydrogen-bond donors (Lipinski definition) is 1. The summed E-state index contributed by atoms with van der Waals surface area (Å²) in [6.07, 6.45) is 8.12. The molecule has 4 nitrogen and oxygen atoms in total. The Balaban J connectivity index is 0.00000220. The van der Waals surface area contributed by atoms with Crippen molar-refractivity contribution in [1.82, 2.24) is 15.1 Å². The van der Waals surface area contributed by atoms with Crippen LogP contribution in [0.15, 0.2) is 0 Å². The van der Waals surface area contributed by atoms with E-state index in [9.17, 15) is 4.79 Å². The van der Waals surface area contributed by atoms with E-state index in [1.807, 2.05) is 0 Å². The number of nitrogens with zero attached hydrogens (tertiary/aromatic N) is 2. The number of carbonyl (C=O) groups is 1. The van der Waals surface area contributed by atoms with Gasteiger partial charge in [-0.2, -0.15) is 0 Å². The fourth-order valence-electron chi connectivity index (χ4n) is 3.48. The van der Waals surface area contributed by atoms with Crippen LogP contribution in [0.2, 0.25) is 0 Å². The molecule has 2 fully saturated rings. The van der Waals surface area contributed by atoms with Gasteiger partial charge in [0.1, 0.15) is 0 Å². The highest BCUT2D eigenvalue weighted by molar-refractivity contribution is 5.85. The van der Waals surface area contributed by atoms with Crippen molar-refractivity contribution >= 4 is 18.3 Å². The number of hydrogen-bond acceptors (Lipinski definition) is 3. The van der Waals surface area contributed by atoms with E-state index in [0.29, 0.717) is 17.9 Å². The summed E-state index contributed by atoms with van der Waals surface area (Å²) in [6, 6.07) is 0.518. The van der Waals surface area contributed by atoms with Crippen LogP contribution in [0.5, 0.6) is 0 Å². The zero-order chi connectivity index (χ0) is 14.4. The van der Waals surface area contributed by atoms with E-state index in [2.05, 4.69) is 29.2 Å². The summed E-state index contributed by atoms with van der Waals surface area (Å²) in [6.45, 7) is 4.05. The van der Waals surface area contributed by atoms with Gasteiger partial charge in [-0.05, 0) is 58.8 Å². The molecule has 0 aromatic carbocycles. The minimum atomic E-state index is 0. The van der Waals surface area contributed by atoms with Gasteiger partial charge in [0, 0.05) is 25.6 Å². The normalized spacial score (nSPS) is 20.5. The molecule has 1 saturated heterocycles. The third-order valence-corrected chi connectivity index (χ3v) is 4.80. The zero-order valence-electron chi connectivity index (χ0n) is 13.6. The number of carbonyl (C=O) groups excluding carboxylic acids is 1. The van der Waals surface area contributed by atoms with E-state index in [4.69, 9.17) is 0 Å². The second-order valence-electron chi connectivity index (χ2n) is 6.73. The van der Waals surface area contributed by atoms with Crippen LogP contribution in [-0.2, 0) is 4.79 Å². The molecule has 1 heterocycles. The van der Waals surface area contributed by atoms with Gasteiger partial charge in [0.25, 0.3) is 0 Å². The molecule has 1 amide bonds. The Kier molecular flexibility index (Phi) is 8.60. The lowest BCUT2D eigenvalue weighted by Gasteiger charge is -2.32.